The highest BCUT2D eigenvalue weighted by Gasteiger charge is 2.20. The lowest BCUT2D eigenvalue weighted by atomic mass is 10.0. The number of pyridine rings is 1. The summed E-state index contributed by atoms with van der Waals surface area (Å²) in [5.74, 6) is -0.416. The minimum Gasteiger partial charge on any atom is -0.380 e. The molecule has 0 unspecified atom stereocenters. The van der Waals surface area contributed by atoms with Crippen LogP contribution in [0.1, 0.15) is 22.3 Å². The monoisotopic (exact) mass is 428 g/mol. The van der Waals surface area contributed by atoms with Crippen LogP contribution in [0.3, 0.4) is 0 Å². The number of primary amides is 1. The summed E-state index contributed by atoms with van der Waals surface area (Å²) < 4.78 is 5.47. The standard InChI is InChI=1S/C25H24N4O3/c26-22(30)15-18-14-20(16-5-2-1-3-6-16)27-24-19-8-7-17(13-21(19)28-23(18)24)25(31)29-9-4-11-32-12-10-29/h1-3,5-8,13-14,28H,4,9-12,15H2,(H2,26,30). The van der Waals surface area contributed by atoms with Gasteiger partial charge < -0.3 is 20.4 Å². The summed E-state index contributed by atoms with van der Waals surface area (Å²) in [7, 11) is 0. The maximum Gasteiger partial charge on any atom is 0.254 e. The van der Waals surface area contributed by atoms with Crippen LogP contribution in [0.25, 0.3) is 33.2 Å². The Morgan fingerprint density at radius 3 is 2.72 bits per heavy atom. The van der Waals surface area contributed by atoms with Crippen LogP contribution in [-0.2, 0) is 16.0 Å². The number of carbonyl (C=O) groups is 2. The summed E-state index contributed by atoms with van der Waals surface area (Å²) >= 11 is 0. The molecule has 1 saturated heterocycles. The van der Waals surface area contributed by atoms with Crippen LogP contribution < -0.4 is 5.73 Å². The van der Waals surface area contributed by atoms with Crippen LogP contribution >= 0.6 is 0 Å². The van der Waals surface area contributed by atoms with Crippen molar-refractivity contribution in [2.45, 2.75) is 12.8 Å². The quantitative estimate of drug-likeness (QED) is 0.521. The second kappa shape index (κ2) is 8.43. The fourth-order valence-electron chi connectivity index (χ4n) is 4.27. The molecule has 7 nitrogen and oxygen atoms in total. The lowest BCUT2D eigenvalue weighted by molar-refractivity contribution is -0.117. The Morgan fingerprint density at radius 1 is 1.06 bits per heavy atom. The summed E-state index contributed by atoms with van der Waals surface area (Å²) in [6.07, 6.45) is 0.939. The number of rotatable bonds is 4. The van der Waals surface area contributed by atoms with Gasteiger partial charge in [-0.3, -0.25) is 9.59 Å². The Hall–Kier alpha value is -3.71. The average molecular weight is 428 g/mol. The van der Waals surface area contributed by atoms with Crippen molar-refractivity contribution in [3.8, 4) is 11.3 Å². The SMILES string of the molecule is NC(=O)Cc1cc(-c2ccccc2)nc2c1[nH]c1cc(C(=O)N3CCCOCC3)ccc12. The molecule has 5 rings (SSSR count). The number of fused-ring (bicyclic) bond motifs is 3. The lowest BCUT2D eigenvalue weighted by Crippen LogP contribution is -2.33. The number of carbonyl (C=O) groups excluding carboxylic acids is 2. The second-order valence-corrected chi connectivity index (χ2v) is 8.04. The van der Waals surface area contributed by atoms with Gasteiger partial charge in [-0.1, -0.05) is 30.3 Å². The van der Waals surface area contributed by atoms with E-state index in [4.69, 9.17) is 15.5 Å². The van der Waals surface area contributed by atoms with Crippen molar-refractivity contribution < 1.29 is 14.3 Å². The molecule has 0 spiro atoms. The molecule has 0 saturated carbocycles. The lowest BCUT2D eigenvalue weighted by Gasteiger charge is -2.19. The molecule has 4 aromatic rings. The predicted octanol–water partition coefficient (Wildman–Crippen LogP) is 3.27. The van der Waals surface area contributed by atoms with E-state index in [1.54, 1.807) is 0 Å². The summed E-state index contributed by atoms with van der Waals surface area (Å²) in [5, 5.41) is 0.902. The molecule has 1 aliphatic heterocycles. The fourth-order valence-corrected chi connectivity index (χ4v) is 4.27. The number of nitrogens with one attached hydrogen (secondary N) is 1. The fraction of sp³-hybridized carbons (Fsp3) is 0.240. The number of amides is 2. The first kappa shape index (κ1) is 20.2. The highest BCUT2D eigenvalue weighted by atomic mass is 16.5. The molecule has 3 N–H and O–H groups in total. The van der Waals surface area contributed by atoms with Crippen LogP contribution in [0.15, 0.2) is 54.6 Å². The van der Waals surface area contributed by atoms with Crippen molar-refractivity contribution in [2.75, 3.05) is 26.3 Å². The molecule has 0 aliphatic carbocycles. The number of nitrogens with two attached hydrogens (primary N) is 1. The molecule has 3 heterocycles. The highest BCUT2D eigenvalue weighted by molar-refractivity contribution is 6.09. The first-order valence-corrected chi connectivity index (χ1v) is 10.8. The van der Waals surface area contributed by atoms with E-state index in [0.29, 0.717) is 31.9 Å². The highest BCUT2D eigenvalue weighted by Crippen LogP contribution is 2.31. The summed E-state index contributed by atoms with van der Waals surface area (Å²) in [5.41, 5.74) is 11.0. The van der Waals surface area contributed by atoms with Gasteiger partial charge >= 0.3 is 0 Å². The molecule has 2 aromatic carbocycles. The Balaban J connectivity index is 1.62. The molecule has 1 aliphatic rings. The number of aromatic amines is 1. The number of H-pyrrole nitrogens is 1. The predicted molar refractivity (Wildman–Crippen MR) is 123 cm³/mol. The molecule has 0 bridgehead atoms. The maximum absolute atomic E-state index is 13.0. The molecule has 162 valence electrons. The van der Waals surface area contributed by atoms with Crippen LogP contribution in [0.4, 0.5) is 0 Å². The van der Waals surface area contributed by atoms with E-state index in [2.05, 4.69) is 4.98 Å². The van der Waals surface area contributed by atoms with Crippen molar-refractivity contribution in [1.29, 1.82) is 0 Å². The van der Waals surface area contributed by atoms with E-state index in [-0.39, 0.29) is 12.3 Å². The van der Waals surface area contributed by atoms with E-state index < -0.39 is 5.91 Å². The van der Waals surface area contributed by atoms with Gasteiger partial charge in [0.25, 0.3) is 5.91 Å². The molecule has 0 radical (unpaired) electrons. The molecular weight excluding hydrogens is 404 g/mol. The largest absolute Gasteiger partial charge is 0.380 e. The third kappa shape index (κ3) is 3.83. The van der Waals surface area contributed by atoms with Crippen molar-refractivity contribution in [3.05, 3.63) is 65.7 Å². The third-order valence-electron chi connectivity index (χ3n) is 5.83. The normalized spacial score (nSPS) is 14.6. The van der Waals surface area contributed by atoms with Crippen LogP contribution in [0, 0.1) is 0 Å². The van der Waals surface area contributed by atoms with Crippen LogP contribution in [-0.4, -0.2) is 53.0 Å². The first-order valence-electron chi connectivity index (χ1n) is 10.8. The number of nitrogens with zero attached hydrogens (tertiary/aromatic N) is 2. The van der Waals surface area contributed by atoms with Gasteiger partial charge in [0.15, 0.2) is 0 Å². The van der Waals surface area contributed by atoms with Crippen molar-refractivity contribution >= 4 is 33.8 Å². The molecule has 2 amide bonds. The second-order valence-electron chi connectivity index (χ2n) is 8.04. The summed E-state index contributed by atoms with van der Waals surface area (Å²) in [6, 6.07) is 17.4. The average Bonchev–Trinajstić information content (AvgIpc) is 2.97. The third-order valence-corrected chi connectivity index (χ3v) is 5.83. The molecule has 0 atom stereocenters. The van der Waals surface area contributed by atoms with Gasteiger partial charge in [-0.25, -0.2) is 4.98 Å². The van der Waals surface area contributed by atoms with Gasteiger partial charge in [0.05, 0.1) is 29.8 Å². The number of hydrogen-bond donors (Lipinski definition) is 2. The minimum atomic E-state index is -0.408. The molecule has 2 aromatic heterocycles. The zero-order chi connectivity index (χ0) is 22.1. The Bertz CT molecular complexity index is 1310. The Morgan fingerprint density at radius 2 is 1.91 bits per heavy atom. The van der Waals surface area contributed by atoms with Gasteiger partial charge in [-0.15, -0.1) is 0 Å². The van der Waals surface area contributed by atoms with Gasteiger partial charge in [0.1, 0.15) is 0 Å². The molecule has 7 heteroatoms. The summed E-state index contributed by atoms with van der Waals surface area (Å²) in [6.45, 7) is 2.52. The summed E-state index contributed by atoms with van der Waals surface area (Å²) in [4.78, 5) is 34.9. The Labute approximate surface area is 185 Å². The van der Waals surface area contributed by atoms with Crippen molar-refractivity contribution in [2.24, 2.45) is 5.73 Å². The van der Waals surface area contributed by atoms with Gasteiger partial charge in [-0.05, 0) is 36.2 Å². The number of hydrogen-bond acceptors (Lipinski definition) is 4. The number of aromatic nitrogens is 2. The molecule has 32 heavy (non-hydrogen) atoms. The van der Waals surface area contributed by atoms with Gasteiger partial charge in [-0.2, -0.15) is 0 Å². The molecular formula is C25H24N4O3. The topological polar surface area (TPSA) is 101 Å². The van der Waals surface area contributed by atoms with Crippen LogP contribution in [0.5, 0.6) is 0 Å². The van der Waals surface area contributed by atoms with E-state index in [1.165, 1.54) is 0 Å². The zero-order valence-corrected chi connectivity index (χ0v) is 17.6. The number of ether oxygens (including phenoxy) is 1. The smallest absolute Gasteiger partial charge is 0.254 e. The van der Waals surface area contributed by atoms with Gasteiger partial charge in [0.2, 0.25) is 5.91 Å². The van der Waals surface area contributed by atoms with Crippen molar-refractivity contribution in [3.63, 3.8) is 0 Å². The van der Waals surface area contributed by atoms with E-state index >= 15 is 0 Å². The first-order chi connectivity index (χ1) is 15.6. The minimum absolute atomic E-state index is 0.00801. The van der Waals surface area contributed by atoms with E-state index in [1.807, 2.05) is 59.5 Å². The Kier molecular flexibility index (Phi) is 5.33. The molecule has 1 fully saturated rings. The van der Waals surface area contributed by atoms with Crippen LogP contribution in [0.2, 0.25) is 0 Å². The zero-order valence-electron chi connectivity index (χ0n) is 17.6. The van der Waals surface area contributed by atoms with E-state index in [9.17, 15) is 9.59 Å². The number of benzene rings is 2. The van der Waals surface area contributed by atoms with E-state index in [0.717, 1.165) is 45.2 Å². The van der Waals surface area contributed by atoms with Gasteiger partial charge in [0, 0.05) is 41.7 Å². The maximum atomic E-state index is 13.0. The van der Waals surface area contributed by atoms with Crippen molar-refractivity contribution in [1.82, 2.24) is 14.9 Å².